The van der Waals surface area contributed by atoms with E-state index in [1.807, 2.05) is 0 Å². The lowest BCUT2D eigenvalue weighted by molar-refractivity contribution is 0.135. The molecule has 0 spiro atoms. The van der Waals surface area contributed by atoms with Crippen LogP contribution in [0.5, 0.6) is 5.75 Å². The highest BCUT2D eigenvalue weighted by atomic mass is 19.1. The van der Waals surface area contributed by atoms with Gasteiger partial charge >= 0.3 is 0 Å². The van der Waals surface area contributed by atoms with Crippen LogP contribution < -0.4 is 15.9 Å². The third-order valence-electron chi connectivity index (χ3n) is 3.76. The van der Waals surface area contributed by atoms with Gasteiger partial charge in [-0.05, 0) is 26.7 Å². The largest absolute Gasteiger partial charge is 0.495 e. The topological polar surface area (TPSA) is 50.5 Å². The lowest BCUT2D eigenvalue weighted by Gasteiger charge is -2.39. The van der Waals surface area contributed by atoms with Crippen molar-refractivity contribution in [3.8, 4) is 5.75 Å². The van der Waals surface area contributed by atoms with E-state index in [0.717, 1.165) is 12.8 Å². The minimum atomic E-state index is -0.358. The maximum Gasteiger partial charge on any atom is 0.149 e. The van der Waals surface area contributed by atoms with Gasteiger partial charge in [-0.2, -0.15) is 0 Å². The molecular formula is C14H22FN3O. The van der Waals surface area contributed by atoms with Gasteiger partial charge in [-0.25, -0.2) is 9.40 Å². The summed E-state index contributed by atoms with van der Waals surface area (Å²) >= 11 is 0. The van der Waals surface area contributed by atoms with E-state index in [4.69, 9.17) is 10.5 Å². The van der Waals surface area contributed by atoms with Gasteiger partial charge < -0.3 is 15.9 Å². The quantitative estimate of drug-likeness (QED) is 0.827. The predicted molar refractivity (Wildman–Crippen MR) is 75.6 cm³/mol. The Hall–Kier alpha value is -1.49. The molecule has 0 bridgehead atoms. The van der Waals surface area contributed by atoms with Crippen LogP contribution in [-0.4, -0.2) is 24.2 Å². The molecule has 1 aromatic rings. The van der Waals surface area contributed by atoms with Crippen LogP contribution in [0.4, 0.5) is 15.8 Å². The normalized spacial score (nSPS) is 24.2. The highest BCUT2D eigenvalue weighted by Crippen LogP contribution is 2.30. The molecule has 0 aromatic heterocycles. The Bertz CT molecular complexity index is 443. The minimum Gasteiger partial charge on any atom is -0.495 e. The number of anilines is 2. The second-order valence-electron chi connectivity index (χ2n) is 5.22. The van der Waals surface area contributed by atoms with Crippen molar-refractivity contribution in [2.24, 2.45) is 0 Å². The number of nitrogen functional groups attached to an aromatic ring is 1. The van der Waals surface area contributed by atoms with Crippen LogP contribution in [0, 0.1) is 5.82 Å². The molecule has 0 radical (unpaired) electrons. The van der Waals surface area contributed by atoms with Crippen molar-refractivity contribution in [1.82, 2.24) is 5.01 Å². The zero-order chi connectivity index (χ0) is 14.0. The number of nitrogens with one attached hydrogen (secondary N) is 1. The lowest BCUT2D eigenvalue weighted by Crippen LogP contribution is -2.47. The molecular weight excluding hydrogens is 245 g/mol. The lowest BCUT2D eigenvalue weighted by atomic mass is 10.00. The van der Waals surface area contributed by atoms with Gasteiger partial charge in [0.05, 0.1) is 18.5 Å². The standard InChI is InChI=1S/C14H22FN3O/c1-9-5-4-6-10(2)18(9)17-13-8-14(19-3)12(16)7-11(13)15/h7-10,17H,4-6,16H2,1-3H3. The van der Waals surface area contributed by atoms with Crippen molar-refractivity contribution in [2.45, 2.75) is 45.2 Å². The summed E-state index contributed by atoms with van der Waals surface area (Å²) in [4.78, 5) is 0. The Kier molecular flexibility index (Phi) is 4.14. The summed E-state index contributed by atoms with van der Waals surface area (Å²) in [5.74, 6) is 0.129. The van der Waals surface area contributed by atoms with Crippen LogP contribution >= 0.6 is 0 Å². The predicted octanol–water partition coefficient (Wildman–Crippen LogP) is 3.01. The summed E-state index contributed by atoms with van der Waals surface area (Å²) < 4.78 is 19.1. The van der Waals surface area contributed by atoms with Gasteiger partial charge in [0, 0.05) is 24.2 Å². The molecule has 0 aliphatic carbocycles. The second kappa shape index (κ2) is 5.65. The molecule has 2 rings (SSSR count). The number of hydrogen-bond acceptors (Lipinski definition) is 4. The number of methoxy groups -OCH3 is 1. The molecule has 3 N–H and O–H groups in total. The Morgan fingerprint density at radius 1 is 1.32 bits per heavy atom. The summed E-state index contributed by atoms with van der Waals surface area (Å²) in [5, 5.41) is 2.11. The second-order valence-corrected chi connectivity index (χ2v) is 5.22. The molecule has 1 aliphatic heterocycles. The Morgan fingerprint density at radius 3 is 2.53 bits per heavy atom. The number of halogens is 1. The van der Waals surface area contributed by atoms with Crippen LogP contribution in [0.15, 0.2) is 12.1 Å². The van der Waals surface area contributed by atoms with Crippen LogP contribution in [0.1, 0.15) is 33.1 Å². The summed E-state index contributed by atoms with van der Waals surface area (Å²) in [6.07, 6.45) is 3.45. The summed E-state index contributed by atoms with van der Waals surface area (Å²) in [7, 11) is 1.53. The first kappa shape index (κ1) is 13.9. The van der Waals surface area contributed by atoms with Crippen LogP contribution in [0.2, 0.25) is 0 Å². The molecule has 5 heteroatoms. The maximum absolute atomic E-state index is 14.0. The first-order chi connectivity index (χ1) is 9.02. The first-order valence-corrected chi connectivity index (χ1v) is 6.71. The van der Waals surface area contributed by atoms with Crippen molar-refractivity contribution in [2.75, 3.05) is 18.3 Å². The van der Waals surface area contributed by atoms with Crippen molar-refractivity contribution >= 4 is 11.4 Å². The van der Waals surface area contributed by atoms with E-state index in [-0.39, 0.29) is 5.82 Å². The van der Waals surface area contributed by atoms with Gasteiger partial charge in [0.25, 0.3) is 0 Å². The highest BCUT2D eigenvalue weighted by Gasteiger charge is 2.25. The molecule has 106 valence electrons. The number of benzene rings is 1. The number of ether oxygens (including phenoxy) is 1. The van der Waals surface area contributed by atoms with Crippen molar-refractivity contribution < 1.29 is 9.13 Å². The van der Waals surface area contributed by atoms with E-state index in [1.54, 1.807) is 6.07 Å². The van der Waals surface area contributed by atoms with Gasteiger partial charge in [0.1, 0.15) is 11.6 Å². The van der Waals surface area contributed by atoms with E-state index >= 15 is 0 Å². The van der Waals surface area contributed by atoms with Crippen molar-refractivity contribution in [3.63, 3.8) is 0 Å². The Morgan fingerprint density at radius 2 is 1.95 bits per heavy atom. The fourth-order valence-electron chi connectivity index (χ4n) is 2.61. The number of nitrogens with two attached hydrogens (primary N) is 1. The smallest absolute Gasteiger partial charge is 0.149 e. The summed E-state index contributed by atoms with van der Waals surface area (Å²) in [6.45, 7) is 4.30. The average molecular weight is 267 g/mol. The van der Waals surface area contributed by atoms with Gasteiger partial charge in [-0.15, -0.1) is 0 Å². The number of piperidine rings is 1. The maximum atomic E-state index is 14.0. The number of rotatable bonds is 3. The van der Waals surface area contributed by atoms with E-state index in [2.05, 4.69) is 24.3 Å². The third-order valence-corrected chi connectivity index (χ3v) is 3.76. The number of hydrazine groups is 1. The number of nitrogens with zero attached hydrogens (tertiary/aromatic N) is 1. The van der Waals surface area contributed by atoms with E-state index in [9.17, 15) is 4.39 Å². The zero-order valence-electron chi connectivity index (χ0n) is 11.7. The molecule has 2 unspecified atom stereocenters. The van der Waals surface area contributed by atoms with Gasteiger partial charge in [0.15, 0.2) is 0 Å². The molecule has 0 saturated carbocycles. The molecule has 19 heavy (non-hydrogen) atoms. The fourth-order valence-corrected chi connectivity index (χ4v) is 2.61. The van der Waals surface area contributed by atoms with Crippen molar-refractivity contribution in [1.29, 1.82) is 0 Å². The van der Waals surface area contributed by atoms with Gasteiger partial charge in [-0.1, -0.05) is 6.42 Å². The van der Waals surface area contributed by atoms with E-state index < -0.39 is 0 Å². The first-order valence-electron chi connectivity index (χ1n) is 6.71. The SMILES string of the molecule is COc1cc(NN2C(C)CCCC2C)c(F)cc1N. The minimum absolute atomic E-state index is 0.310. The fraction of sp³-hybridized carbons (Fsp3) is 0.571. The summed E-state index contributed by atoms with van der Waals surface area (Å²) in [6, 6.07) is 3.66. The Balaban J connectivity index is 2.22. The molecule has 2 atom stereocenters. The van der Waals surface area contributed by atoms with Crippen LogP contribution in [0.25, 0.3) is 0 Å². The van der Waals surface area contributed by atoms with E-state index in [0.29, 0.717) is 29.2 Å². The van der Waals surface area contributed by atoms with Gasteiger partial charge in [0.2, 0.25) is 0 Å². The third kappa shape index (κ3) is 2.92. The molecule has 1 aromatic carbocycles. The zero-order valence-corrected chi connectivity index (χ0v) is 11.7. The Labute approximate surface area is 113 Å². The molecule has 4 nitrogen and oxygen atoms in total. The summed E-state index contributed by atoms with van der Waals surface area (Å²) in [5.41, 5.74) is 9.57. The van der Waals surface area contributed by atoms with Crippen LogP contribution in [-0.2, 0) is 0 Å². The molecule has 1 aliphatic rings. The van der Waals surface area contributed by atoms with Gasteiger partial charge in [-0.3, -0.25) is 0 Å². The molecule has 1 saturated heterocycles. The monoisotopic (exact) mass is 267 g/mol. The molecule has 1 heterocycles. The number of hydrogen-bond donors (Lipinski definition) is 2. The molecule has 1 fully saturated rings. The highest BCUT2D eigenvalue weighted by molar-refractivity contribution is 5.62. The molecule has 0 amide bonds. The average Bonchev–Trinajstić information content (AvgIpc) is 2.36. The van der Waals surface area contributed by atoms with Crippen molar-refractivity contribution in [3.05, 3.63) is 17.9 Å². The van der Waals surface area contributed by atoms with E-state index in [1.165, 1.54) is 19.6 Å². The van der Waals surface area contributed by atoms with Crippen LogP contribution in [0.3, 0.4) is 0 Å².